The molecule has 0 radical (unpaired) electrons. The first-order valence-corrected chi connectivity index (χ1v) is 7.60. The Hall–Kier alpha value is -1.57. The zero-order valence-corrected chi connectivity index (χ0v) is 12.9. The lowest BCUT2D eigenvalue weighted by Crippen LogP contribution is -2.41. The quantitative estimate of drug-likeness (QED) is 0.724. The van der Waals surface area contributed by atoms with Crippen LogP contribution in [0.4, 0.5) is 0 Å². The van der Waals surface area contributed by atoms with Crippen LogP contribution in [0.3, 0.4) is 0 Å². The van der Waals surface area contributed by atoms with Gasteiger partial charge < -0.3 is 10.4 Å². The molecule has 1 rings (SSSR count). The Balaban J connectivity index is 2.74. The van der Waals surface area contributed by atoms with Gasteiger partial charge in [-0.2, -0.15) is 11.8 Å². The van der Waals surface area contributed by atoms with Crippen molar-refractivity contribution in [1.82, 2.24) is 20.5 Å². The van der Waals surface area contributed by atoms with Crippen LogP contribution in [0.2, 0.25) is 0 Å². The fourth-order valence-electron chi connectivity index (χ4n) is 1.41. The molecule has 1 aromatic rings. The van der Waals surface area contributed by atoms with Crippen molar-refractivity contribution in [2.45, 2.75) is 38.6 Å². The van der Waals surface area contributed by atoms with Gasteiger partial charge in [0.25, 0.3) is 5.91 Å². The van der Waals surface area contributed by atoms with Crippen LogP contribution in [0.5, 0.6) is 0 Å². The first kappa shape index (κ1) is 16.5. The maximum Gasteiger partial charge on any atom is 0.326 e. The largest absolute Gasteiger partial charge is 0.480 e. The summed E-state index contributed by atoms with van der Waals surface area (Å²) in [6, 6.07) is -0.925. The van der Waals surface area contributed by atoms with E-state index in [0.29, 0.717) is 18.0 Å². The molecule has 0 saturated heterocycles. The molecule has 20 heavy (non-hydrogen) atoms. The number of nitrogens with one attached hydrogen (secondary N) is 2. The highest BCUT2D eigenvalue weighted by atomic mass is 32.2. The number of carbonyl (C=O) groups excluding carboxylic acids is 1. The highest BCUT2D eigenvalue weighted by Crippen LogP contribution is 2.17. The van der Waals surface area contributed by atoms with E-state index in [0.717, 1.165) is 0 Å². The number of nitrogens with zero attached hydrogens (tertiary/aromatic N) is 2. The van der Waals surface area contributed by atoms with Gasteiger partial charge in [-0.25, -0.2) is 9.78 Å². The molecule has 0 aliphatic heterocycles. The molecule has 1 atom stereocenters. The molecule has 8 heteroatoms. The Labute approximate surface area is 121 Å². The summed E-state index contributed by atoms with van der Waals surface area (Å²) < 4.78 is 0. The summed E-state index contributed by atoms with van der Waals surface area (Å²) >= 11 is 1.53. The van der Waals surface area contributed by atoms with Gasteiger partial charge in [0.2, 0.25) is 5.82 Å². The van der Waals surface area contributed by atoms with Crippen LogP contribution < -0.4 is 5.32 Å². The number of thioether (sulfide) groups is 1. The molecule has 112 valence electrons. The van der Waals surface area contributed by atoms with E-state index in [1.807, 2.05) is 27.0 Å². The van der Waals surface area contributed by atoms with E-state index >= 15 is 0 Å². The number of rotatable bonds is 6. The molecule has 0 unspecified atom stereocenters. The molecule has 0 aliphatic rings. The third-order valence-electron chi connectivity index (χ3n) is 2.61. The van der Waals surface area contributed by atoms with Crippen molar-refractivity contribution in [3.05, 3.63) is 11.6 Å². The van der Waals surface area contributed by atoms with E-state index in [-0.39, 0.29) is 11.2 Å². The van der Waals surface area contributed by atoms with Crippen LogP contribution in [0.25, 0.3) is 0 Å². The van der Waals surface area contributed by atoms with Gasteiger partial charge in [0, 0.05) is 5.41 Å². The number of H-pyrrole nitrogens is 1. The van der Waals surface area contributed by atoms with Crippen LogP contribution in [-0.4, -0.2) is 50.2 Å². The SMILES string of the molecule is CSCC[C@H](NC(=O)c1n[nH]c(C(C)(C)C)n1)C(=O)O. The molecule has 0 aromatic carbocycles. The number of aromatic nitrogens is 3. The number of hydrogen-bond acceptors (Lipinski definition) is 5. The summed E-state index contributed by atoms with van der Waals surface area (Å²) in [6.07, 6.45) is 2.24. The molecule has 1 heterocycles. The molecule has 7 nitrogen and oxygen atoms in total. The van der Waals surface area contributed by atoms with Crippen molar-refractivity contribution in [2.75, 3.05) is 12.0 Å². The summed E-state index contributed by atoms with van der Waals surface area (Å²) in [5, 5.41) is 18.0. The number of aliphatic carboxylic acids is 1. The van der Waals surface area contributed by atoms with Crippen molar-refractivity contribution in [3.8, 4) is 0 Å². The summed E-state index contributed by atoms with van der Waals surface area (Å²) in [5.74, 6) is -0.438. The highest BCUT2D eigenvalue weighted by molar-refractivity contribution is 7.98. The van der Waals surface area contributed by atoms with Gasteiger partial charge in [0.15, 0.2) is 0 Å². The normalized spacial score (nSPS) is 13.0. The molecule has 0 fully saturated rings. The zero-order valence-electron chi connectivity index (χ0n) is 12.1. The third-order valence-corrected chi connectivity index (χ3v) is 3.26. The van der Waals surface area contributed by atoms with Crippen molar-refractivity contribution in [1.29, 1.82) is 0 Å². The number of carboxylic acids is 1. The molecule has 3 N–H and O–H groups in total. The average molecular weight is 300 g/mol. The molecular formula is C12H20N4O3S. The van der Waals surface area contributed by atoms with Crippen LogP contribution in [0.15, 0.2) is 0 Å². The van der Waals surface area contributed by atoms with Gasteiger partial charge in [-0.15, -0.1) is 5.10 Å². The standard InChI is InChI=1S/C12H20N4O3S/c1-12(2,3)11-14-8(15-16-11)9(17)13-7(10(18)19)5-6-20-4/h7H,5-6H2,1-4H3,(H,13,17)(H,18,19)(H,14,15,16)/t7-/m0/s1. The minimum atomic E-state index is -1.06. The van der Waals surface area contributed by atoms with E-state index in [1.54, 1.807) is 0 Å². The van der Waals surface area contributed by atoms with Crippen molar-refractivity contribution >= 4 is 23.6 Å². The maximum absolute atomic E-state index is 11.9. The third kappa shape index (κ3) is 4.52. The molecule has 0 saturated carbocycles. The predicted octanol–water partition coefficient (Wildman–Crippen LogP) is 1.04. The van der Waals surface area contributed by atoms with Crippen LogP contribution >= 0.6 is 11.8 Å². The van der Waals surface area contributed by atoms with E-state index in [2.05, 4.69) is 20.5 Å². The Bertz CT molecular complexity index is 481. The molecule has 1 amide bonds. The summed E-state index contributed by atoms with van der Waals surface area (Å²) in [7, 11) is 0. The van der Waals surface area contributed by atoms with Crippen molar-refractivity contribution < 1.29 is 14.7 Å². The van der Waals surface area contributed by atoms with E-state index in [9.17, 15) is 9.59 Å². The zero-order chi connectivity index (χ0) is 15.3. The van der Waals surface area contributed by atoms with E-state index in [1.165, 1.54) is 11.8 Å². The predicted molar refractivity (Wildman–Crippen MR) is 77.0 cm³/mol. The van der Waals surface area contributed by atoms with Gasteiger partial charge >= 0.3 is 5.97 Å². The van der Waals surface area contributed by atoms with Gasteiger partial charge in [-0.1, -0.05) is 20.8 Å². The van der Waals surface area contributed by atoms with Gasteiger partial charge in [-0.3, -0.25) is 9.89 Å². The van der Waals surface area contributed by atoms with Crippen molar-refractivity contribution in [3.63, 3.8) is 0 Å². The smallest absolute Gasteiger partial charge is 0.326 e. The lowest BCUT2D eigenvalue weighted by Gasteiger charge is -2.13. The molecule has 0 aliphatic carbocycles. The lowest BCUT2D eigenvalue weighted by atomic mass is 9.96. The lowest BCUT2D eigenvalue weighted by molar-refractivity contribution is -0.139. The van der Waals surface area contributed by atoms with Crippen molar-refractivity contribution in [2.24, 2.45) is 0 Å². The fourth-order valence-corrected chi connectivity index (χ4v) is 1.89. The number of aromatic amines is 1. The minimum Gasteiger partial charge on any atom is -0.480 e. The Kier molecular flexibility index (Phi) is 5.55. The first-order valence-electron chi connectivity index (χ1n) is 6.21. The first-order chi connectivity index (χ1) is 9.25. The monoisotopic (exact) mass is 300 g/mol. The second kappa shape index (κ2) is 6.74. The second-order valence-corrected chi connectivity index (χ2v) is 6.39. The average Bonchev–Trinajstić information content (AvgIpc) is 2.83. The Morgan fingerprint density at radius 3 is 2.55 bits per heavy atom. The topological polar surface area (TPSA) is 108 Å². The van der Waals surface area contributed by atoms with Crippen LogP contribution in [0, 0.1) is 0 Å². The van der Waals surface area contributed by atoms with Gasteiger partial charge in [-0.05, 0) is 18.4 Å². The van der Waals surface area contributed by atoms with E-state index in [4.69, 9.17) is 5.11 Å². The Morgan fingerprint density at radius 1 is 1.45 bits per heavy atom. The summed E-state index contributed by atoms with van der Waals surface area (Å²) in [6.45, 7) is 5.81. The second-order valence-electron chi connectivity index (χ2n) is 5.40. The summed E-state index contributed by atoms with van der Waals surface area (Å²) in [5.41, 5.74) is -0.253. The molecular weight excluding hydrogens is 280 g/mol. The molecule has 0 bridgehead atoms. The maximum atomic E-state index is 11.9. The molecule has 0 spiro atoms. The van der Waals surface area contributed by atoms with Crippen LogP contribution in [-0.2, 0) is 10.2 Å². The highest BCUT2D eigenvalue weighted by Gasteiger charge is 2.25. The number of carboxylic acid groups (broad SMARTS) is 1. The fraction of sp³-hybridized carbons (Fsp3) is 0.667. The minimum absolute atomic E-state index is 0.0367. The number of amides is 1. The van der Waals surface area contributed by atoms with E-state index < -0.39 is 17.9 Å². The number of hydrogen-bond donors (Lipinski definition) is 3. The Morgan fingerprint density at radius 2 is 2.10 bits per heavy atom. The van der Waals surface area contributed by atoms with Crippen LogP contribution in [0.1, 0.15) is 43.6 Å². The number of carbonyl (C=O) groups is 2. The van der Waals surface area contributed by atoms with Gasteiger partial charge in [0.05, 0.1) is 0 Å². The summed E-state index contributed by atoms with van der Waals surface area (Å²) in [4.78, 5) is 27.1. The molecule has 1 aromatic heterocycles. The van der Waals surface area contributed by atoms with Gasteiger partial charge in [0.1, 0.15) is 11.9 Å².